The van der Waals surface area contributed by atoms with E-state index < -0.39 is 67.5 Å². The zero-order chi connectivity index (χ0) is 34.9. The van der Waals surface area contributed by atoms with Crippen molar-refractivity contribution in [1.29, 1.82) is 0 Å². The van der Waals surface area contributed by atoms with Crippen LogP contribution in [0.5, 0.6) is 0 Å². The number of nitrogens with two attached hydrogens (primary N) is 1. The number of nitrogens with one attached hydrogen (secondary N) is 2. The Morgan fingerprint density at radius 1 is 1.20 bits per heavy atom. The average molecular weight is 745 g/mol. The van der Waals surface area contributed by atoms with Crippen LogP contribution in [-0.4, -0.2) is 119 Å². The van der Waals surface area contributed by atoms with Crippen molar-refractivity contribution in [2.45, 2.75) is 53.7 Å². The quantitative estimate of drug-likeness (QED) is 0.152. The molecule has 0 amide bonds. The Morgan fingerprint density at radius 2 is 1.96 bits per heavy atom. The van der Waals surface area contributed by atoms with E-state index in [-0.39, 0.29) is 43.1 Å². The summed E-state index contributed by atoms with van der Waals surface area (Å²) < 4.78 is 74.8. The lowest BCUT2D eigenvalue weighted by Crippen LogP contribution is -2.54. The Bertz CT molecular complexity index is 2060. The first-order valence-corrected chi connectivity index (χ1v) is 20.3. The van der Waals surface area contributed by atoms with Gasteiger partial charge in [0.2, 0.25) is 13.3 Å². The number of hydrogen-bond acceptors (Lipinski definition) is 16. The van der Waals surface area contributed by atoms with Gasteiger partial charge in [-0.25, -0.2) is 24.3 Å². The highest BCUT2D eigenvalue weighted by Gasteiger charge is 2.72. The first-order chi connectivity index (χ1) is 23.1. The van der Waals surface area contributed by atoms with Gasteiger partial charge in [-0.15, -0.1) is 11.8 Å². The maximum atomic E-state index is 15.2. The van der Waals surface area contributed by atoms with Crippen molar-refractivity contribution in [3.8, 4) is 0 Å². The van der Waals surface area contributed by atoms with E-state index >= 15 is 4.39 Å². The van der Waals surface area contributed by atoms with Gasteiger partial charge in [-0.05, 0) is 6.92 Å². The molecule has 266 valence electrons. The summed E-state index contributed by atoms with van der Waals surface area (Å²) in [5.74, 6) is 0.414. The van der Waals surface area contributed by atoms with E-state index in [0.717, 1.165) is 6.66 Å². The molecule has 5 N–H and O–H groups in total. The third-order valence-corrected chi connectivity index (χ3v) is 12.4. The van der Waals surface area contributed by atoms with Crippen molar-refractivity contribution >= 4 is 60.8 Å². The van der Waals surface area contributed by atoms with Gasteiger partial charge >= 0.3 is 7.60 Å². The van der Waals surface area contributed by atoms with Gasteiger partial charge in [-0.1, -0.05) is 0 Å². The van der Waals surface area contributed by atoms with Crippen LogP contribution in [-0.2, 0) is 32.4 Å². The number of aromatic amines is 1. The molecule has 9 atom stereocenters. The van der Waals surface area contributed by atoms with E-state index in [9.17, 15) is 18.8 Å². The Labute approximate surface area is 281 Å². The zero-order valence-electron chi connectivity index (χ0n) is 26.8. The lowest BCUT2D eigenvalue weighted by atomic mass is 9.86. The van der Waals surface area contributed by atoms with Gasteiger partial charge < -0.3 is 43.8 Å². The molecule has 7 heterocycles. The number of fused-ring (bicyclic) bond motifs is 4. The second kappa shape index (κ2) is 12.3. The van der Waals surface area contributed by atoms with Gasteiger partial charge in [-0.3, -0.25) is 23.5 Å². The maximum Gasteiger partial charge on any atom is 0.325 e. The summed E-state index contributed by atoms with van der Waals surface area (Å²) in [4.78, 5) is 45.8. The van der Waals surface area contributed by atoms with Crippen LogP contribution in [0.15, 0.2) is 23.8 Å². The molecule has 2 bridgehead atoms. The SMILES string of the molecule is CNc1ncnc2c1ncn2[C@@H]1O[C@@]2(COP(C)(=O)O)CO[C@@H]1[C@@]2(C)OP(C)(=O)COC[C@H]1S[C@@H](n2cnc3c(=O)[nH]c(N)nc32)C[C@H]1F. The Balaban J connectivity index is 1.07. The van der Waals surface area contributed by atoms with Gasteiger partial charge in [-0.2, -0.15) is 4.98 Å². The van der Waals surface area contributed by atoms with Crippen LogP contribution in [0.2, 0.25) is 0 Å². The Hall–Kier alpha value is -3.00. The van der Waals surface area contributed by atoms with Crippen molar-refractivity contribution in [1.82, 2.24) is 39.0 Å². The smallest absolute Gasteiger partial charge is 0.325 e. The van der Waals surface area contributed by atoms with Gasteiger partial charge in [0.15, 0.2) is 28.9 Å². The van der Waals surface area contributed by atoms with E-state index in [1.807, 2.05) is 0 Å². The highest BCUT2D eigenvalue weighted by Crippen LogP contribution is 2.61. The van der Waals surface area contributed by atoms with E-state index in [1.165, 1.54) is 37.4 Å². The summed E-state index contributed by atoms with van der Waals surface area (Å²) in [5, 5.41) is 1.90. The van der Waals surface area contributed by atoms with Crippen LogP contribution in [0, 0.1) is 0 Å². The average Bonchev–Trinajstić information content (AvgIpc) is 3.83. The largest absolute Gasteiger partial charge is 0.371 e. The highest BCUT2D eigenvalue weighted by molar-refractivity contribution is 8.00. The summed E-state index contributed by atoms with van der Waals surface area (Å²) in [7, 11) is -5.91. The lowest BCUT2D eigenvalue weighted by molar-refractivity contribution is -0.185. The van der Waals surface area contributed by atoms with Crippen LogP contribution < -0.4 is 16.6 Å². The molecule has 7 rings (SSSR count). The molecule has 3 fully saturated rings. The molecule has 49 heavy (non-hydrogen) atoms. The van der Waals surface area contributed by atoms with Gasteiger partial charge in [0, 0.05) is 26.8 Å². The van der Waals surface area contributed by atoms with Crippen LogP contribution in [0.1, 0.15) is 24.9 Å². The molecule has 23 heteroatoms. The standard InChI is InChI=1S/C26H35FN10O9P2S/c1-25(18-23(45-26(25,7-43-18)8-44-48(4,40)41)37-11-32-16-19(29-2)30-9-31-20(16)37)46-47(3,39)12-42-6-14-13(27)5-15(49-14)36-10-33-17-21(36)34-24(28)35-22(17)38/h9-11,13-15,18,23H,5-8,12H2,1-4H3,(H,40,41)(H,29,30,31)(H3,28,34,35,38)/t13-,14-,15-,18+,23-,25-,26-,47?/m1/s1. The first-order valence-electron chi connectivity index (χ1n) is 15.1. The van der Waals surface area contributed by atoms with Gasteiger partial charge in [0.1, 0.15) is 41.7 Å². The van der Waals surface area contributed by atoms with E-state index in [0.29, 0.717) is 17.0 Å². The predicted molar refractivity (Wildman–Crippen MR) is 175 cm³/mol. The van der Waals surface area contributed by atoms with Crippen LogP contribution >= 0.6 is 26.7 Å². The molecule has 0 radical (unpaired) electrons. The van der Waals surface area contributed by atoms with E-state index in [4.69, 9.17) is 29.0 Å². The number of aromatic nitrogens is 8. The number of halogens is 1. The number of hydrogen-bond donors (Lipinski definition) is 4. The molecule has 19 nitrogen and oxygen atoms in total. The molecule has 0 aromatic carbocycles. The monoisotopic (exact) mass is 744 g/mol. The number of ether oxygens (including phenoxy) is 3. The third kappa shape index (κ3) is 6.08. The number of nitrogen functional groups attached to an aromatic ring is 1. The minimum Gasteiger partial charge on any atom is -0.371 e. The topological polar surface area (TPSA) is 246 Å². The molecule has 0 spiro atoms. The van der Waals surface area contributed by atoms with Crippen LogP contribution in [0.4, 0.5) is 16.2 Å². The number of nitrogens with zero attached hydrogens (tertiary/aromatic N) is 7. The zero-order valence-corrected chi connectivity index (χ0v) is 29.4. The molecule has 2 unspecified atom stereocenters. The fourth-order valence-electron chi connectivity index (χ4n) is 6.51. The van der Waals surface area contributed by atoms with Crippen molar-refractivity contribution in [3.63, 3.8) is 0 Å². The molecular weight excluding hydrogens is 709 g/mol. The molecule has 3 aliphatic heterocycles. The van der Waals surface area contributed by atoms with E-state index in [1.54, 1.807) is 23.1 Å². The molecule has 0 aliphatic carbocycles. The number of H-pyrrole nitrogens is 1. The van der Waals surface area contributed by atoms with Crippen LogP contribution in [0.3, 0.4) is 0 Å². The lowest BCUT2D eigenvalue weighted by Gasteiger charge is -2.38. The minimum absolute atomic E-state index is 0.0761. The fraction of sp³-hybridized carbons (Fsp3) is 0.615. The minimum atomic E-state index is -3.97. The van der Waals surface area contributed by atoms with Crippen LogP contribution in [0.25, 0.3) is 22.3 Å². The van der Waals surface area contributed by atoms with E-state index in [2.05, 4.69) is 35.2 Å². The normalized spacial score (nSPS) is 32.2. The molecule has 4 aromatic heterocycles. The van der Waals surface area contributed by atoms with Crippen molar-refractivity contribution in [3.05, 3.63) is 29.3 Å². The highest BCUT2D eigenvalue weighted by atomic mass is 32.2. The molecular formula is C26H35FN10O9P2S. The predicted octanol–water partition coefficient (Wildman–Crippen LogP) is 2.08. The summed E-state index contributed by atoms with van der Waals surface area (Å²) >= 11 is 1.28. The Kier molecular flexibility index (Phi) is 8.68. The second-order valence-electron chi connectivity index (χ2n) is 12.5. The summed E-state index contributed by atoms with van der Waals surface area (Å²) in [5.41, 5.74) is 3.52. The molecule has 4 aromatic rings. The molecule has 3 aliphatic rings. The van der Waals surface area contributed by atoms with Crippen molar-refractivity contribution < 1.29 is 41.7 Å². The molecule has 0 saturated carbocycles. The number of anilines is 2. The number of imidazole rings is 2. The van der Waals surface area contributed by atoms with Crippen molar-refractivity contribution in [2.24, 2.45) is 0 Å². The van der Waals surface area contributed by atoms with Crippen molar-refractivity contribution in [2.75, 3.05) is 57.6 Å². The number of thioether (sulfide) groups is 1. The molecule has 3 saturated heterocycles. The van der Waals surface area contributed by atoms with Gasteiger partial charge in [0.05, 0.1) is 43.1 Å². The number of alkyl halides is 1. The summed E-state index contributed by atoms with van der Waals surface area (Å²) in [6, 6.07) is 0. The summed E-state index contributed by atoms with van der Waals surface area (Å²) in [6.45, 7) is 3.49. The van der Waals surface area contributed by atoms with Gasteiger partial charge in [0.25, 0.3) is 5.56 Å². The Morgan fingerprint density at radius 3 is 2.71 bits per heavy atom. The fourth-order valence-corrected chi connectivity index (χ4v) is 9.96. The third-order valence-electron chi connectivity index (χ3n) is 8.87. The number of rotatable bonds is 12. The second-order valence-corrected chi connectivity index (χ2v) is 18.2. The maximum absolute atomic E-state index is 15.2. The summed E-state index contributed by atoms with van der Waals surface area (Å²) in [6.07, 6.45) is 0.964. The first kappa shape index (κ1) is 34.4.